The average Bonchev–Trinajstić information content (AvgIpc) is 2.22. The third-order valence-corrected chi connectivity index (χ3v) is 2.16. The first-order valence-corrected chi connectivity index (χ1v) is 4.96. The fourth-order valence-corrected chi connectivity index (χ4v) is 1.40. The van der Waals surface area contributed by atoms with Crippen molar-refractivity contribution in [1.82, 2.24) is 4.98 Å². The van der Waals surface area contributed by atoms with Gasteiger partial charge in [-0.1, -0.05) is 17.7 Å². The Hall–Kier alpha value is -1.81. The van der Waals surface area contributed by atoms with Gasteiger partial charge in [0, 0.05) is 17.6 Å². The molecule has 2 rings (SSSR count). The molecule has 1 aromatic carbocycles. The number of hydrogen-bond donors (Lipinski definition) is 2. The van der Waals surface area contributed by atoms with Crippen LogP contribution in [-0.4, -0.2) is 4.98 Å². The lowest BCUT2D eigenvalue weighted by molar-refractivity contribution is 0.626. The summed E-state index contributed by atoms with van der Waals surface area (Å²) in [6.07, 6.45) is 1.37. The van der Waals surface area contributed by atoms with Gasteiger partial charge in [-0.05, 0) is 24.3 Å². The number of nitrogen functional groups attached to an aromatic ring is 1. The molecule has 0 bridgehead atoms. The van der Waals surface area contributed by atoms with Crippen molar-refractivity contribution in [2.24, 2.45) is 0 Å². The number of nitrogens with zero attached hydrogens (tertiary/aromatic N) is 1. The van der Waals surface area contributed by atoms with Crippen molar-refractivity contribution >= 4 is 28.8 Å². The van der Waals surface area contributed by atoms with Gasteiger partial charge >= 0.3 is 0 Å². The van der Waals surface area contributed by atoms with Gasteiger partial charge in [0.05, 0.1) is 5.02 Å². The molecule has 0 aliphatic heterocycles. The molecule has 0 aliphatic carbocycles. The Bertz CT molecular complexity index is 516. The summed E-state index contributed by atoms with van der Waals surface area (Å²) < 4.78 is 13.4. The minimum atomic E-state index is -0.505. The highest BCUT2D eigenvalue weighted by Gasteiger charge is 2.04. The Balaban J connectivity index is 2.27. The van der Waals surface area contributed by atoms with Gasteiger partial charge < -0.3 is 11.1 Å². The van der Waals surface area contributed by atoms with Crippen LogP contribution < -0.4 is 11.1 Å². The Labute approximate surface area is 97.1 Å². The summed E-state index contributed by atoms with van der Waals surface area (Å²) in [6, 6.07) is 8.17. The van der Waals surface area contributed by atoms with Crippen molar-refractivity contribution in [3.05, 3.63) is 47.4 Å². The molecule has 0 unspecified atom stereocenters. The van der Waals surface area contributed by atoms with Crippen LogP contribution in [0.15, 0.2) is 36.5 Å². The Morgan fingerprint density at radius 2 is 2.12 bits per heavy atom. The number of benzene rings is 1. The van der Waals surface area contributed by atoms with E-state index in [1.54, 1.807) is 24.3 Å². The van der Waals surface area contributed by atoms with Crippen LogP contribution in [0.25, 0.3) is 0 Å². The molecule has 0 fully saturated rings. The van der Waals surface area contributed by atoms with E-state index in [1.807, 2.05) is 0 Å². The zero-order valence-electron chi connectivity index (χ0n) is 8.24. The molecule has 5 heteroatoms. The van der Waals surface area contributed by atoms with Crippen LogP contribution in [0, 0.1) is 5.82 Å². The van der Waals surface area contributed by atoms with E-state index in [-0.39, 0.29) is 10.8 Å². The molecule has 3 N–H and O–H groups in total. The molecule has 3 nitrogen and oxygen atoms in total. The average molecular weight is 238 g/mol. The van der Waals surface area contributed by atoms with Gasteiger partial charge in [0.25, 0.3) is 0 Å². The van der Waals surface area contributed by atoms with E-state index in [0.29, 0.717) is 11.4 Å². The van der Waals surface area contributed by atoms with Crippen molar-refractivity contribution in [1.29, 1.82) is 0 Å². The van der Waals surface area contributed by atoms with Crippen LogP contribution in [0.5, 0.6) is 0 Å². The zero-order chi connectivity index (χ0) is 11.5. The maximum absolute atomic E-state index is 13.4. The predicted octanol–water partition coefficient (Wildman–Crippen LogP) is 3.20. The van der Waals surface area contributed by atoms with Crippen molar-refractivity contribution in [3.8, 4) is 0 Å². The first-order valence-electron chi connectivity index (χ1n) is 4.59. The van der Waals surface area contributed by atoms with Gasteiger partial charge in [-0.3, -0.25) is 0 Å². The number of halogens is 2. The lowest BCUT2D eigenvalue weighted by Crippen LogP contribution is -1.97. The quantitative estimate of drug-likeness (QED) is 0.789. The molecule has 0 spiro atoms. The van der Waals surface area contributed by atoms with Crippen LogP contribution >= 0.6 is 11.6 Å². The molecule has 0 aliphatic rings. The molecule has 82 valence electrons. The van der Waals surface area contributed by atoms with E-state index >= 15 is 0 Å². The van der Waals surface area contributed by atoms with Gasteiger partial charge in [-0.2, -0.15) is 0 Å². The Kier molecular flexibility index (Phi) is 2.92. The molecule has 1 aromatic heterocycles. The summed E-state index contributed by atoms with van der Waals surface area (Å²) in [7, 11) is 0. The van der Waals surface area contributed by atoms with Crippen molar-refractivity contribution in [2.45, 2.75) is 0 Å². The second-order valence-corrected chi connectivity index (χ2v) is 3.67. The van der Waals surface area contributed by atoms with Crippen LogP contribution in [0.2, 0.25) is 5.02 Å². The monoisotopic (exact) mass is 237 g/mol. The number of nitrogens with one attached hydrogen (secondary N) is 1. The van der Waals surface area contributed by atoms with E-state index in [2.05, 4.69) is 10.3 Å². The molecule has 0 atom stereocenters. The summed E-state index contributed by atoms with van der Waals surface area (Å²) in [5.74, 6) is -0.384. The third kappa shape index (κ3) is 2.41. The Morgan fingerprint density at radius 1 is 1.31 bits per heavy atom. The van der Waals surface area contributed by atoms with Crippen molar-refractivity contribution in [2.75, 3.05) is 11.1 Å². The van der Waals surface area contributed by atoms with Crippen LogP contribution in [0.3, 0.4) is 0 Å². The fraction of sp³-hybridized carbons (Fsp3) is 0. The lowest BCUT2D eigenvalue weighted by atomic mass is 10.3. The summed E-state index contributed by atoms with van der Waals surface area (Å²) >= 11 is 5.59. The van der Waals surface area contributed by atoms with E-state index in [1.165, 1.54) is 12.3 Å². The van der Waals surface area contributed by atoms with Crippen molar-refractivity contribution in [3.63, 3.8) is 0 Å². The lowest BCUT2D eigenvalue weighted by Gasteiger charge is -2.07. The van der Waals surface area contributed by atoms with Crippen molar-refractivity contribution < 1.29 is 4.39 Å². The Morgan fingerprint density at radius 3 is 2.81 bits per heavy atom. The first kappa shape index (κ1) is 10.7. The van der Waals surface area contributed by atoms with Crippen LogP contribution in [0.4, 0.5) is 21.6 Å². The molecule has 16 heavy (non-hydrogen) atoms. The van der Waals surface area contributed by atoms with Gasteiger partial charge in [0.1, 0.15) is 0 Å². The van der Waals surface area contributed by atoms with E-state index in [0.717, 1.165) is 0 Å². The van der Waals surface area contributed by atoms with E-state index < -0.39 is 5.82 Å². The molecule has 0 saturated heterocycles. The summed E-state index contributed by atoms with van der Waals surface area (Å²) in [5.41, 5.74) is 6.87. The number of hydrogen-bond acceptors (Lipinski definition) is 3. The highest BCUT2D eigenvalue weighted by Crippen LogP contribution is 2.21. The second kappa shape index (κ2) is 4.37. The smallest absolute Gasteiger partial charge is 0.167 e. The molecular formula is C11H9ClFN3. The summed E-state index contributed by atoms with van der Waals surface area (Å²) in [5, 5.41) is 3.08. The van der Waals surface area contributed by atoms with Gasteiger partial charge in [0.2, 0.25) is 0 Å². The van der Waals surface area contributed by atoms with E-state index in [9.17, 15) is 4.39 Å². The number of aromatic nitrogens is 1. The SMILES string of the molecule is Nc1cccc(Nc2ncc(Cl)cc2F)c1. The summed E-state index contributed by atoms with van der Waals surface area (Å²) in [6.45, 7) is 0. The number of anilines is 3. The van der Waals surface area contributed by atoms with E-state index in [4.69, 9.17) is 17.3 Å². The zero-order valence-corrected chi connectivity index (χ0v) is 9.00. The predicted molar refractivity (Wildman–Crippen MR) is 63.3 cm³/mol. The molecule has 1 heterocycles. The van der Waals surface area contributed by atoms with Crippen LogP contribution in [0.1, 0.15) is 0 Å². The normalized spacial score (nSPS) is 10.1. The maximum Gasteiger partial charge on any atom is 0.167 e. The third-order valence-electron chi connectivity index (χ3n) is 1.96. The molecule has 0 saturated carbocycles. The summed E-state index contributed by atoms with van der Waals surface area (Å²) in [4.78, 5) is 3.84. The molecule has 2 aromatic rings. The largest absolute Gasteiger partial charge is 0.399 e. The second-order valence-electron chi connectivity index (χ2n) is 3.23. The van der Waals surface area contributed by atoms with Gasteiger partial charge in [0.15, 0.2) is 11.6 Å². The minimum Gasteiger partial charge on any atom is -0.399 e. The highest BCUT2D eigenvalue weighted by atomic mass is 35.5. The molecule has 0 amide bonds. The first-order chi connectivity index (χ1) is 7.65. The molecular weight excluding hydrogens is 229 g/mol. The molecule has 0 radical (unpaired) electrons. The van der Waals surface area contributed by atoms with Gasteiger partial charge in [-0.25, -0.2) is 9.37 Å². The topological polar surface area (TPSA) is 50.9 Å². The maximum atomic E-state index is 13.4. The number of rotatable bonds is 2. The minimum absolute atomic E-state index is 0.120. The van der Waals surface area contributed by atoms with Crippen LogP contribution in [-0.2, 0) is 0 Å². The number of pyridine rings is 1. The standard InChI is InChI=1S/C11H9ClFN3/c12-7-4-10(13)11(15-6-7)16-9-3-1-2-8(14)5-9/h1-6H,14H2,(H,15,16). The number of nitrogens with two attached hydrogens (primary N) is 1. The van der Waals surface area contributed by atoms with Gasteiger partial charge in [-0.15, -0.1) is 0 Å². The fourth-order valence-electron chi connectivity index (χ4n) is 1.26. The highest BCUT2D eigenvalue weighted by molar-refractivity contribution is 6.30.